The number of nitrogens with one attached hydrogen (secondary N) is 1. The van der Waals surface area contributed by atoms with Crippen LogP contribution in [0.4, 0.5) is 0 Å². The SMILES string of the molecule is CN(CCCc1ccc(CN(C=O)OC(C)(C)C)cc1)CCNS(=O)(=O)c1ccc2ccccc2c1. The van der Waals surface area contributed by atoms with Gasteiger partial charge in [0, 0.05) is 13.1 Å². The van der Waals surface area contributed by atoms with E-state index in [9.17, 15) is 13.2 Å². The fraction of sp³-hybridized carbons (Fsp3) is 0.393. The van der Waals surface area contributed by atoms with Crippen molar-refractivity contribution in [1.29, 1.82) is 0 Å². The van der Waals surface area contributed by atoms with Crippen LogP contribution in [-0.4, -0.2) is 57.1 Å². The summed E-state index contributed by atoms with van der Waals surface area (Å²) in [5.41, 5.74) is 1.80. The molecule has 0 unspecified atom stereocenters. The molecule has 8 heteroatoms. The Bertz CT molecular complexity index is 1240. The van der Waals surface area contributed by atoms with Gasteiger partial charge in [-0.1, -0.05) is 54.6 Å². The lowest BCUT2D eigenvalue weighted by Gasteiger charge is -2.26. The summed E-state index contributed by atoms with van der Waals surface area (Å²) in [6, 6.07) is 21.1. The van der Waals surface area contributed by atoms with Crippen LogP contribution in [-0.2, 0) is 32.6 Å². The van der Waals surface area contributed by atoms with Crippen LogP contribution in [0.2, 0.25) is 0 Å². The van der Waals surface area contributed by atoms with Crippen molar-refractivity contribution < 1.29 is 18.0 Å². The van der Waals surface area contributed by atoms with Gasteiger partial charge in [-0.05, 0) is 81.2 Å². The molecule has 0 aliphatic rings. The zero-order valence-electron chi connectivity index (χ0n) is 21.6. The number of carbonyl (C=O) groups excluding carboxylic acids is 1. The number of likely N-dealkylation sites (N-methyl/N-ethyl adjacent to an activating group) is 1. The van der Waals surface area contributed by atoms with Gasteiger partial charge in [0.05, 0.1) is 17.0 Å². The van der Waals surface area contributed by atoms with E-state index in [0.29, 0.717) is 26.0 Å². The van der Waals surface area contributed by atoms with Crippen LogP contribution in [0, 0.1) is 0 Å². The van der Waals surface area contributed by atoms with Gasteiger partial charge in [-0.3, -0.25) is 9.63 Å². The molecule has 0 saturated carbocycles. The molecular formula is C28H37N3O4S. The molecule has 1 amide bonds. The summed E-state index contributed by atoms with van der Waals surface area (Å²) in [5, 5.41) is 3.24. The van der Waals surface area contributed by atoms with Gasteiger partial charge in [0.2, 0.25) is 16.4 Å². The average molecular weight is 512 g/mol. The van der Waals surface area contributed by atoms with Crippen molar-refractivity contribution in [3.63, 3.8) is 0 Å². The highest BCUT2D eigenvalue weighted by molar-refractivity contribution is 7.89. The molecule has 3 rings (SSSR count). The van der Waals surface area contributed by atoms with E-state index in [4.69, 9.17) is 4.84 Å². The summed E-state index contributed by atoms with van der Waals surface area (Å²) in [6.45, 7) is 7.96. The van der Waals surface area contributed by atoms with Gasteiger partial charge >= 0.3 is 0 Å². The molecule has 0 fully saturated rings. The number of benzene rings is 3. The van der Waals surface area contributed by atoms with Crippen molar-refractivity contribution in [1.82, 2.24) is 14.7 Å². The molecule has 3 aromatic rings. The highest BCUT2D eigenvalue weighted by atomic mass is 32.2. The Morgan fingerprint density at radius 1 is 0.917 bits per heavy atom. The Balaban J connectivity index is 1.39. The minimum Gasteiger partial charge on any atom is -0.305 e. The summed E-state index contributed by atoms with van der Waals surface area (Å²) < 4.78 is 28.1. The number of sulfonamides is 1. The monoisotopic (exact) mass is 511 g/mol. The van der Waals surface area contributed by atoms with Crippen LogP contribution in [0.5, 0.6) is 0 Å². The lowest BCUT2D eigenvalue weighted by Crippen LogP contribution is -2.33. The molecule has 194 valence electrons. The van der Waals surface area contributed by atoms with E-state index in [1.54, 1.807) is 12.1 Å². The second kappa shape index (κ2) is 12.5. The topological polar surface area (TPSA) is 79.0 Å². The minimum absolute atomic E-state index is 0.286. The molecule has 0 aliphatic carbocycles. The first-order valence-corrected chi connectivity index (χ1v) is 13.7. The van der Waals surface area contributed by atoms with E-state index >= 15 is 0 Å². The zero-order chi connectivity index (χ0) is 26.2. The van der Waals surface area contributed by atoms with Gasteiger partial charge < -0.3 is 4.90 Å². The third-order valence-corrected chi connectivity index (χ3v) is 7.15. The maximum atomic E-state index is 12.7. The van der Waals surface area contributed by atoms with E-state index in [1.165, 1.54) is 10.6 Å². The lowest BCUT2D eigenvalue weighted by molar-refractivity contribution is -0.220. The van der Waals surface area contributed by atoms with E-state index < -0.39 is 15.6 Å². The van der Waals surface area contributed by atoms with Crippen molar-refractivity contribution in [2.75, 3.05) is 26.7 Å². The van der Waals surface area contributed by atoms with Gasteiger partial charge in [0.15, 0.2) is 0 Å². The van der Waals surface area contributed by atoms with E-state index in [1.807, 2.05) is 70.3 Å². The number of hydrogen-bond acceptors (Lipinski definition) is 5. The Kier molecular flexibility index (Phi) is 9.62. The average Bonchev–Trinajstić information content (AvgIpc) is 2.83. The zero-order valence-corrected chi connectivity index (χ0v) is 22.4. The fourth-order valence-corrected chi connectivity index (χ4v) is 4.94. The number of hydroxylamine groups is 2. The standard InChI is InChI=1S/C28H37N3O4S/c1-28(2,3)35-31(22-32)21-24-13-11-23(12-14-24)8-7-18-30(4)19-17-29-36(33,34)27-16-15-25-9-5-6-10-26(25)20-27/h5-6,9-16,20,22,29H,7-8,17-19,21H2,1-4H3. The lowest BCUT2D eigenvalue weighted by atomic mass is 10.1. The Labute approximate surface area is 215 Å². The molecule has 0 bridgehead atoms. The molecule has 0 aliphatic heterocycles. The Morgan fingerprint density at radius 3 is 2.25 bits per heavy atom. The summed E-state index contributed by atoms with van der Waals surface area (Å²) in [4.78, 5) is 19.3. The third kappa shape index (κ3) is 8.71. The van der Waals surface area contributed by atoms with Crippen molar-refractivity contribution in [3.8, 4) is 0 Å². The minimum atomic E-state index is -3.55. The van der Waals surface area contributed by atoms with Crippen LogP contribution in [0.25, 0.3) is 10.8 Å². The molecule has 1 N–H and O–H groups in total. The summed E-state index contributed by atoms with van der Waals surface area (Å²) >= 11 is 0. The second-order valence-electron chi connectivity index (χ2n) is 10.0. The quantitative estimate of drug-likeness (QED) is 0.272. The Morgan fingerprint density at radius 2 is 1.58 bits per heavy atom. The van der Waals surface area contributed by atoms with Crippen LogP contribution in [0.3, 0.4) is 0 Å². The number of aryl methyl sites for hydroxylation is 1. The first-order chi connectivity index (χ1) is 17.1. The molecule has 0 aromatic heterocycles. The molecule has 0 atom stereocenters. The third-order valence-electron chi connectivity index (χ3n) is 5.69. The molecule has 36 heavy (non-hydrogen) atoms. The van der Waals surface area contributed by atoms with Crippen molar-refractivity contribution in [2.45, 2.75) is 50.7 Å². The predicted molar refractivity (Wildman–Crippen MR) is 144 cm³/mol. The number of nitrogens with zero attached hydrogens (tertiary/aromatic N) is 2. The van der Waals surface area contributed by atoms with Crippen molar-refractivity contribution in [2.24, 2.45) is 0 Å². The molecule has 7 nitrogen and oxygen atoms in total. The largest absolute Gasteiger partial charge is 0.305 e. The summed E-state index contributed by atoms with van der Waals surface area (Å²) in [6.07, 6.45) is 2.58. The van der Waals surface area contributed by atoms with E-state index in [0.717, 1.165) is 35.7 Å². The maximum absolute atomic E-state index is 12.7. The van der Waals surface area contributed by atoms with Crippen LogP contribution < -0.4 is 4.72 Å². The molecule has 0 radical (unpaired) electrons. The smallest absolute Gasteiger partial charge is 0.240 e. The van der Waals surface area contributed by atoms with Gasteiger partial charge in [0.1, 0.15) is 0 Å². The summed E-state index contributed by atoms with van der Waals surface area (Å²) in [7, 11) is -1.55. The summed E-state index contributed by atoms with van der Waals surface area (Å²) in [5.74, 6) is 0. The van der Waals surface area contributed by atoms with Crippen LogP contribution >= 0.6 is 0 Å². The molecule has 3 aromatic carbocycles. The van der Waals surface area contributed by atoms with E-state index in [2.05, 4.69) is 21.8 Å². The maximum Gasteiger partial charge on any atom is 0.240 e. The molecular weight excluding hydrogens is 474 g/mol. The number of fused-ring (bicyclic) bond motifs is 1. The van der Waals surface area contributed by atoms with Gasteiger partial charge in [0.25, 0.3) is 0 Å². The number of hydrogen-bond donors (Lipinski definition) is 1. The molecule has 0 spiro atoms. The highest BCUT2D eigenvalue weighted by Gasteiger charge is 2.16. The van der Waals surface area contributed by atoms with Crippen molar-refractivity contribution >= 4 is 27.2 Å². The molecule has 0 heterocycles. The molecule has 0 saturated heterocycles. The Hall–Kier alpha value is -2.78. The van der Waals surface area contributed by atoms with E-state index in [-0.39, 0.29) is 4.90 Å². The first-order valence-electron chi connectivity index (χ1n) is 12.2. The normalized spacial score (nSPS) is 12.2. The van der Waals surface area contributed by atoms with Crippen LogP contribution in [0.15, 0.2) is 71.6 Å². The van der Waals surface area contributed by atoms with Crippen LogP contribution in [0.1, 0.15) is 38.3 Å². The van der Waals surface area contributed by atoms with Crippen molar-refractivity contribution in [3.05, 3.63) is 77.9 Å². The first kappa shape index (κ1) is 27.8. The highest BCUT2D eigenvalue weighted by Crippen LogP contribution is 2.19. The van der Waals surface area contributed by atoms with Gasteiger partial charge in [-0.25, -0.2) is 18.2 Å². The number of carbonyl (C=O) groups is 1. The number of amides is 1. The van der Waals surface area contributed by atoms with Gasteiger partial charge in [-0.2, -0.15) is 0 Å². The fourth-order valence-electron chi connectivity index (χ4n) is 3.89. The van der Waals surface area contributed by atoms with Gasteiger partial charge in [-0.15, -0.1) is 0 Å². The predicted octanol–water partition coefficient (Wildman–Crippen LogP) is 4.37. The number of rotatable bonds is 13. The second-order valence-corrected chi connectivity index (χ2v) is 11.8.